The lowest BCUT2D eigenvalue weighted by Crippen LogP contribution is -2.39. The topological polar surface area (TPSA) is 90.1 Å². The molecular formula is C22H19IN2O5S2. The fourth-order valence-electron chi connectivity index (χ4n) is 3.49. The van der Waals surface area contributed by atoms with Gasteiger partial charge in [0.15, 0.2) is 16.3 Å². The third-order valence-electron chi connectivity index (χ3n) is 4.90. The number of carbonyl (C=O) groups excluding carboxylic acids is 1. The number of thiazole rings is 1. The van der Waals surface area contributed by atoms with E-state index in [1.807, 2.05) is 40.1 Å². The van der Waals surface area contributed by atoms with E-state index in [-0.39, 0.29) is 17.9 Å². The third-order valence-corrected chi connectivity index (χ3v) is 7.63. The molecule has 7 nitrogen and oxygen atoms in total. The summed E-state index contributed by atoms with van der Waals surface area (Å²) in [6.07, 6.45) is 1.74. The van der Waals surface area contributed by atoms with Crippen LogP contribution in [0.4, 0.5) is 0 Å². The van der Waals surface area contributed by atoms with Gasteiger partial charge in [-0.25, -0.2) is 9.79 Å². The largest absolute Gasteiger partial charge is 0.504 e. The van der Waals surface area contributed by atoms with Gasteiger partial charge in [-0.05, 0) is 71.7 Å². The van der Waals surface area contributed by atoms with Gasteiger partial charge in [-0.15, -0.1) is 11.3 Å². The summed E-state index contributed by atoms with van der Waals surface area (Å²) in [5.74, 6) is -0.0915. The van der Waals surface area contributed by atoms with E-state index in [1.54, 1.807) is 36.6 Å². The van der Waals surface area contributed by atoms with Crippen LogP contribution in [0.5, 0.6) is 11.5 Å². The van der Waals surface area contributed by atoms with E-state index >= 15 is 0 Å². The van der Waals surface area contributed by atoms with Gasteiger partial charge in [0, 0.05) is 4.88 Å². The van der Waals surface area contributed by atoms with Gasteiger partial charge in [-0.2, -0.15) is 0 Å². The molecule has 32 heavy (non-hydrogen) atoms. The van der Waals surface area contributed by atoms with Crippen LogP contribution in [0.3, 0.4) is 0 Å². The van der Waals surface area contributed by atoms with Crippen molar-refractivity contribution < 1.29 is 19.4 Å². The number of aromatic nitrogens is 1. The van der Waals surface area contributed by atoms with Crippen molar-refractivity contribution in [2.45, 2.75) is 19.9 Å². The van der Waals surface area contributed by atoms with Gasteiger partial charge < -0.3 is 14.6 Å². The number of aromatic hydroxyl groups is 1. The lowest BCUT2D eigenvalue weighted by molar-refractivity contribution is -0.139. The molecule has 0 radical (unpaired) electrons. The Labute approximate surface area is 205 Å². The number of allylic oxidation sites excluding steroid dienone is 1. The first kappa shape index (κ1) is 22.7. The van der Waals surface area contributed by atoms with Gasteiger partial charge in [0.1, 0.15) is 6.04 Å². The molecule has 1 aliphatic heterocycles. The SMILES string of the molecule is CCOC(=O)C1=C(C)N=c2sc(=Cc3cc(I)c(O)c(OC)c3)c(=O)n2[C@@H]1c1cccs1. The van der Waals surface area contributed by atoms with Crippen molar-refractivity contribution in [1.29, 1.82) is 0 Å². The van der Waals surface area contributed by atoms with Crippen LogP contribution in [0.1, 0.15) is 30.3 Å². The average Bonchev–Trinajstić information content (AvgIpc) is 3.38. The van der Waals surface area contributed by atoms with Crippen molar-refractivity contribution in [2.24, 2.45) is 4.99 Å². The second-order valence-corrected chi connectivity index (χ2v) is 10.0. The molecule has 3 heterocycles. The van der Waals surface area contributed by atoms with E-state index in [0.717, 1.165) is 4.88 Å². The second-order valence-electron chi connectivity index (χ2n) is 6.87. The maximum absolute atomic E-state index is 13.5. The van der Waals surface area contributed by atoms with E-state index in [9.17, 15) is 14.7 Å². The molecule has 0 bridgehead atoms. The van der Waals surface area contributed by atoms with Gasteiger partial charge in [0.2, 0.25) is 0 Å². The maximum Gasteiger partial charge on any atom is 0.338 e. The zero-order valence-electron chi connectivity index (χ0n) is 17.4. The number of benzene rings is 1. The highest BCUT2D eigenvalue weighted by Crippen LogP contribution is 2.34. The summed E-state index contributed by atoms with van der Waals surface area (Å²) in [6.45, 7) is 3.74. The molecule has 0 aliphatic carbocycles. The van der Waals surface area contributed by atoms with Gasteiger partial charge in [-0.1, -0.05) is 17.4 Å². The van der Waals surface area contributed by atoms with Gasteiger partial charge in [0.25, 0.3) is 5.56 Å². The minimum atomic E-state index is -0.595. The van der Waals surface area contributed by atoms with Gasteiger partial charge in [-0.3, -0.25) is 9.36 Å². The Balaban J connectivity index is 1.93. The van der Waals surface area contributed by atoms with Gasteiger partial charge >= 0.3 is 5.97 Å². The first-order valence-electron chi connectivity index (χ1n) is 9.65. The van der Waals surface area contributed by atoms with Crippen LogP contribution in [0, 0.1) is 3.57 Å². The summed E-state index contributed by atoms with van der Waals surface area (Å²) in [4.78, 5) is 32.2. The number of carbonyl (C=O) groups is 1. The Kier molecular flexibility index (Phi) is 6.54. The summed E-state index contributed by atoms with van der Waals surface area (Å²) in [7, 11) is 1.48. The number of thiophene rings is 1. The first-order chi connectivity index (χ1) is 15.3. The number of esters is 1. The van der Waals surface area contributed by atoms with Crippen molar-refractivity contribution in [3.63, 3.8) is 0 Å². The molecule has 2 aromatic heterocycles. The summed E-state index contributed by atoms with van der Waals surface area (Å²) in [5.41, 5.74) is 1.37. The molecule has 4 rings (SSSR count). The number of hydrogen-bond acceptors (Lipinski definition) is 8. The minimum Gasteiger partial charge on any atom is -0.504 e. The number of hydrogen-bond donors (Lipinski definition) is 1. The number of phenolic OH excluding ortho intramolecular Hbond substituents is 1. The van der Waals surface area contributed by atoms with Crippen molar-refractivity contribution in [3.8, 4) is 11.5 Å². The smallest absolute Gasteiger partial charge is 0.338 e. The van der Waals surface area contributed by atoms with Crippen molar-refractivity contribution in [3.05, 3.63) is 74.6 Å². The Morgan fingerprint density at radius 2 is 2.19 bits per heavy atom. The van der Waals surface area contributed by atoms with Crippen LogP contribution in [0.2, 0.25) is 0 Å². The summed E-state index contributed by atoms with van der Waals surface area (Å²) in [5, 5.41) is 12.0. The highest BCUT2D eigenvalue weighted by atomic mass is 127. The number of fused-ring (bicyclic) bond motifs is 1. The molecule has 0 fully saturated rings. The Bertz CT molecular complexity index is 1400. The fraction of sp³-hybridized carbons (Fsp3) is 0.227. The quantitative estimate of drug-likeness (QED) is 0.369. The molecule has 1 N–H and O–H groups in total. The van der Waals surface area contributed by atoms with E-state index in [2.05, 4.69) is 4.99 Å². The van der Waals surface area contributed by atoms with Crippen molar-refractivity contribution in [1.82, 2.24) is 4.57 Å². The molecule has 0 saturated carbocycles. The molecule has 3 aromatic rings. The standard InChI is InChI=1S/C22H19IN2O5S2/c1-4-30-21(28)17-11(2)24-22-25(18(17)15-6-5-7-31-15)20(27)16(32-22)10-12-8-13(23)19(26)14(9-12)29-3/h5-10,18,26H,4H2,1-3H3/t18-/m1/s1. The maximum atomic E-state index is 13.5. The third kappa shape index (κ3) is 4.02. The fourth-order valence-corrected chi connectivity index (χ4v) is 5.99. The predicted molar refractivity (Wildman–Crippen MR) is 132 cm³/mol. The van der Waals surface area contributed by atoms with Crippen molar-refractivity contribution >= 4 is 57.3 Å². The number of nitrogens with zero attached hydrogens (tertiary/aromatic N) is 2. The molecule has 0 unspecified atom stereocenters. The summed E-state index contributed by atoms with van der Waals surface area (Å²) >= 11 is 4.74. The highest BCUT2D eigenvalue weighted by Gasteiger charge is 2.33. The summed E-state index contributed by atoms with van der Waals surface area (Å²) in [6, 6.07) is 6.63. The van der Waals surface area contributed by atoms with Crippen LogP contribution in [0.25, 0.3) is 6.08 Å². The number of rotatable bonds is 5. The second kappa shape index (κ2) is 9.20. The zero-order valence-corrected chi connectivity index (χ0v) is 21.2. The molecule has 0 saturated heterocycles. The molecule has 10 heteroatoms. The average molecular weight is 582 g/mol. The normalized spacial score (nSPS) is 16.0. The van der Waals surface area contributed by atoms with Crippen LogP contribution >= 0.6 is 45.3 Å². The predicted octanol–water partition coefficient (Wildman–Crippen LogP) is 3.18. The zero-order chi connectivity index (χ0) is 23.0. The van der Waals surface area contributed by atoms with E-state index in [4.69, 9.17) is 9.47 Å². The van der Waals surface area contributed by atoms with E-state index in [0.29, 0.717) is 35.5 Å². The Morgan fingerprint density at radius 1 is 1.41 bits per heavy atom. The molecule has 1 atom stereocenters. The first-order valence-corrected chi connectivity index (χ1v) is 12.4. The van der Waals surface area contributed by atoms with Crippen LogP contribution < -0.4 is 19.6 Å². The number of halogens is 1. The highest BCUT2D eigenvalue weighted by molar-refractivity contribution is 14.1. The molecular weight excluding hydrogens is 563 g/mol. The Morgan fingerprint density at radius 3 is 2.84 bits per heavy atom. The van der Waals surface area contributed by atoms with Crippen LogP contribution in [-0.2, 0) is 9.53 Å². The molecule has 1 aliphatic rings. The lowest BCUT2D eigenvalue weighted by Gasteiger charge is -2.23. The van der Waals surface area contributed by atoms with E-state index < -0.39 is 12.0 Å². The number of methoxy groups -OCH3 is 1. The lowest BCUT2D eigenvalue weighted by atomic mass is 10.0. The molecule has 166 valence electrons. The summed E-state index contributed by atoms with van der Waals surface area (Å²) < 4.78 is 13.1. The van der Waals surface area contributed by atoms with E-state index in [1.165, 1.54) is 29.8 Å². The van der Waals surface area contributed by atoms with Crippen LogP contribution in [0.15, 0.2) is 50.7 Å². The monoisotopic (exact) mass is 582 g/mol. The van der Waals surface area contributed by atoms with Crippen LogP contribution in [-0.4, -0.2) is 29.4 Å². The number of ether oxygens (including phenoxy) is 2. The van der Waals surface area contributed by atoms with Crippen molar-refractivity contribution in [2.75, 3.05) is 13.7 Å². The number of phenols is 1. The van der Waals surface area contributed by atoms with Gasteiger partial charge in [0.05, 0.1) is 33.1 Å². The Hall–Kier alpha value is -2.44. The minimum absolute atomic E-state index is 0.0547. The molecule has 1 aromatic carbocycles. The molecule has 0 amide bonds. The molecule has 0 spiro atoms.